The van der Waals surface area contributed by atoms with Crippen molar-refractivity contribution in [2.45, 2.75) is 131 Å². The minimum absolute atomic E-state index is 0.0732. The first-order chi connectivity index (χ1) is 31.7. The molecule has 66 heavy (non-hydrogen) atoms. The Labute approximate surface area is 391 Å². The summed E-state index contributed by atoms with van der Waals surface area (Å²) >= 11 is 0. The molecule has 1 saturated heterocycles. The van der Waals surface area contributed by atoms with E-state index in [1.165, 1.54) is 60.2 Å². The fourth-order valence-corrected chi connectivity index (χ4v) is 9.48. The smallest absolute Gasteiger partial charge is 0.407 e. The van der Waals surface area contributed by atoms with Gasteiger partial charge in [-0.15, -0.1) is 0 Å². The van der Waals surface area contributed by atoms with Gasteiger partial charge in [0.05, 0.1) is 43.9 Å². The van der Waals surface area contributed by atoms with Crippen LogP contribution in [0.3, 0.4) is 0 Å². The number of nitrogens with zero attached hydrogens (tertiary/aromatic N) is 4. The Morgan fingerprint density at radius 1 is 0.970 bits per heavy atom. The molecule has 2 aromatic heterocycles. The fourth-order valence-electron chi connectivity index (χ4n) is 9.48. The lowest BCUT2D eigenvalue weighted by Gasteiger charge is -2.30. The normalized spacial score (nSPS) is 17.5. The maximum absolute atomic E-state index is 13.6. The molecule has 0 saturated carbocycles. The average Bonchev–Trinajstić information content (AvgIpc) is 4.10. The zero-order chi connectivity index (χ0) is 47.7. The number of carbonyl (C=O) groups excluding carboxylic acids is 3. The number of allylic oxidation sites excluding steroid dienone is 1. The molecule has 0 bridgehead atoms. The van der Waals surface area contributed by atoms with Crippen LogP contribution < -0.4 is 10.6 Å². The van der Waals surface area contributed by atoms with Gasteiger partial charge in [0, 0.05) is 52.1 Å². The van der Waals surface area contributed by atoms with Gasteiger partial charge in [-0.3, -0.25) is 19.9 Å². The number of hydrogen-bond acceptors (Lipinski definition) is 8. The fraction of sp³-hybridized carbons (Fsp3) is 0.463. The van der Waals surface area contributed by atoms with Gasteiger partial charge in [-0.1, -0.05) is 109 Å². The molecule has 4 heterocycles. The lowest BCUT2D eigenvalue weighted by Crippen LogP contribution is -2.53. The van der Waals surface area contributed by atoms with E-state index in [1.807, 2.05) is 51.9 Å². The van der Waals surface area contributed by atoms with E-state index in [-0.39, 0.29) is 48.4 Å². The molecular formula is C54H71N7O5. The number of amides is 2. The van der Waals surface area contributed by atoms with Crippen LogP contribution in [0.4, 0.5) is 4.79 Å². The van der Waals surface area contributed by atoms with Crippen molar-refractivity contribution >= 4 is 40.0 Å². The lowest BCUT2D eigenvalue weighted by atomic mass is 9.88. The number of likely N-dealkylation sites (tertiary alicyclic amines) is 1. The van der Waals surface area contributed by atoms with Crippen LogP contribution in [0.15, 0.2) is 90.2 Å². The number of alkyl carbamates (subject to hydrolysis) is 1. The monoisotopic (exact) mass is 898 g/mol. The Bertz CT molecular complexity index is 2520. The van der Waals surface area contributed by atoms with Crippen LogP contribution in [0, 0.1) is 11.8 Å². The molecule has 1 fully saturated rings. The first kappa shape index (κ1) is 49.6. The van der Waals surface area contributed by atoms with E-state index in [9.17, 15) is 14.4 Å². The number of aliphatic imine (C=N–C) groups is 1. The van der Waals surface area contributed by atoms with E-state index in [0.717, 1.165) is 59.6 Å². The zero-order valence-corrected chi connectivity index (χ0v) is 40.7. The van der Waals surface area contributed by atoms with E-state index in [1.54, 1.807) is 0 Å². The van der Waals surface area contributed by atoms with Crippen LogP contribution >= 0.6 is 0 Å². The number of rotatable bonds is 16. The molecule has 12 heteroatoms. The molecule has 7 rings (SSSR count). The quantitative estimate of drug-likeness (QED) is 0.0568. The summed E-state index contributed by atoms with van der Waals surface area (Å²) in [6, 6.07) is 26.0. The summed E-state index contributed by atoms with van der Waals surface area (Å²) in [6.45, 7) is 18.4. The highest BCUT2D eigenvalue weighted by molar-refractivity contribution is 5.95. The number of aromatic amines is 1. The largest absolute Gasteiger partial charge is 0.453 e. The molecule has 5 atom stereocenters. The molecule has 2 amide bonds. The Morgan fingerprint density at radius 3 is 2.36 bits per heavy atom. The number of imidazole rings is 1. The van der Waals surface area contributed by atoms with Crippen molar-refractivity contribution in [3.63, 3.8) is 0 Å². The second-order valence-corrected chi connectivity index (χ2v) is 18.7. The van der Waals surface area contributed by atoms with Crippen molar-refractivity contribution in [3.05, 3.63) is 108 Å². The molecule has 4 N–H and O–H groups in total. The Hall–Kier alpha value is -5.85. The summed E-state index contributed by atoms with van der Waals surface area (Å²) in [4.78, 5) is 51.6. The Morgan fingerprint density at radius 2 is 1.71 bits per heavy atom. The van der Waals surface area contributed by atoms with Gasteiger partial charge < -0.3 is 29.6 Å². The Kier molecular flexibility index (Phi) is 17.0. The van der Waals surface area contributed by atoms with Gasteiger partial charge >= 0.3 is 6.09 Å². The molecule has 2 aliphatic heterocycles. The summed E-state index contributed by atoms with van der Waals surface area (Å²) in [5, 5.41) is 15.1. The zero-order valence-electron chi connectivity index (χ0n) is 40.7. The summed E-state index contributed by atoms with van der Waals surface area (Å²) in [7, 11) is 1.31. The third kappa shape index (κ3) is 11.4. The van der Waals surface area contributed by atoms with E-state index in [4.69, 9.17) is 19.8 Å². The van der Waals surface area contributed by atoms with Crippen molar-refractivity contribution in [1.82, 2.24) is 30.1 Å². The summed E-state index contributed by atoms with van der Waals surface area (Å²) < 4.78 is 7.32. The minimum Gasteiger partial charge on any atom is -0.453 e. The molecule has 3 aromatic carbocycles. The molecule has 1 unspecified atom stereocenters. The SMILES string of the molecule is CC(=O)[C@@H](NCO)C(C)C.CCCC[C@H](C)c1ncc(-c2ccc3c(c2)cc2n3C(c3ccccc3)Cc3cc(/C(C)=C/N=C(C)[C@@H]4CCCN4C(=O)[C@@H](NC(=O)OC)C(C)C)ccc3-2)[nH]1. The molecule has 12 nitrogen and oxygen atoms in total. The maximum Gasteiger partial charge on any atom is 0.407 e. The maximum atomic E-state index is 13.6. The number of aromatic nitrogens is 3. The van der Waals surface area contributed by atoms with Gasteiger partial charge in [0.15, 0.2) is 0 Å². The van der Waals surface area contributed by atoms with E-state index >= 15 is 0 Å². The molecule has 0 radical (unpaired) electrons. The summed E-state index contributed by atoms with van der Waals surface area (Å²) in [6.07, 6.45) is 9.46. The van der Waals surface area contributed by atoms with Crippen LogP contribution in [0.2, 0.25) is 0 Å². The highest BCUT2D eigenvalue weighted by atomic mass is 16.5. The first-order valence-corrected chi connectivity index (χ1v) is 23.8. The number of aliphatic hydroxyl groups excluding tert-OH is 1. The number of ketones is 1. The number of benzene rings is 3. The highest BCUT2D eigenvalue weighted by Gasteiger charge is 2.37. The topological polar surface area (TPSA) is 154 Å². The molecule has 352 valence electrons. The predicted molar refractivity (Wildman–Crippen MR) is 266 cm³/mol. The predicted octanol–water partition coefficient (Wildman–Crippen LogP) is 10.5. The molecule has 2 aliphatic rings. The van der Waals surface area contributed by atoms with E-state index in [0.29, 0.717) is 12.5 Å². The molecule has 5 aromatic rings. The number of nitrogens with one attached hydrogen (secondary N) is 3. The summed E-state index contributed by atoms with van der Waals surface area (Å²) in [5.74, 6) is 1.61. The third-order valence-corrected chi connectivity index (χ3v) is 13.2. The Balaban J connectivity index is 0.000000645. The van der Waals surface area contributed by atoms with Crippen molar-refractivity contribution in [2.24, 2.45) is 16.8 Å². The molecule has 0 aliphatic carbocycles. The number of aliphatic hydroxyl groups is 1. The van der Waals surface area contributed by atoms with Gasteiger partial charge in [-0.2, -0.15) is 0 Å². The number of carbonyl (C=O) groups is 3. The standard InChI is InChI=1S/C47H56N6O3.C7H15NO2/c1-8-9-14-30(4)45-49-28-39(50-45)35-19-21-41-37(24-35)26-43-38-20-18-34(23-36(38)25-42(53(41)43)33-15-11-10-12-16-33)31(5)27-48-32(6)40-17-13-22-52(40)46(54)44(29(2)3)51-47(55)56-7;1-5(2)7(6(3)10)8-4-9/h10-12,15-16,18-21,23-24,26-30,40,42,44H,8-9,13-14,17,22,25H2,1-7H3,(H,49,50)(H,51,55);5,7-9H,4H2,1-3H3/b31-27+,48-32?;/t30-,40-,42?,44-;7-/m00/s1. The third-order valence-electron chi connectivity index (χ3n) is 13.2. The number of ether oxygens (including phenoxy) is 1. The van der Waals surface area contributed by atoms with Crippen molar-refractivity contribution < 1.29 is 24.2 Å². The number of Topliss-reactive ketones (excluding diaryl/α,β-unsaturated/α-hetero) is 1. The number of methoxy groups -OCH3 is 1. The first-order valence-electron chi connectivity index (χ1n) is 23.8. The van der Waals surface area contributed by atoms with E-state index in [2.05, 4.69) is 114 Å². The number of unbranched alkanes of at least 4 members (excludes halogenated alkanes) is 1. The average molecular weight is 898 g/mol. The lowest BCUT2D eigenvalue weighted by molar-refractivity contribution is -0.134. The summed E-state index contributed by atoms with van der Waals surface area (Å²) in [5.41, 5.74) is 11.6. The highest BCUT2D eigenvalue weighted by Crippen LogP contribution is 2.43. The van der Waals surface area contributed by atoms with Crippen LogP contribution in [0.5, 0.6) is 0 Å². The van der Waals surface area contributed by atoms with Crippen LogP contribution in [0.25, 0.3) is 39.0 Å². The van der Waals surface area contributed by atoms with Crippen LogP contribution in [-0.4, -0.2) is 86.5 Å². The van der Waals surface area contributed by atoms with Gasteiger partial charge in [-0.05, 0) is 98.8 Å². The second kappa shape index (κ2) is 22.6. The van der Waals surface area contributed by atoms with Gasteiger partial charge in [-0.25, -0.2) is 9.78 Å². The van der Waals surface area contributed by atoms with Gasteiger partial charge in [0.1, 0.15) is 17.6 Å². The van der Waals surface area contributed by atoms with Crippen molar-refractivity contribution in [1.29, 1.82) is 0 Å². The minimum atomic E-state index is -0.655. The van der Waals surface area contributed by atoms with Crippen LogP contribution in [-0.2, 0) is 20.7 Å². The molecule has 0 spiro atoms. The van der Waals surface area contributed by atoms with Crippen molar-refractivity contribution in [2.75, 3.05) is 20.4 Å². The number of H-pyrrole nitrogens is 1. The van der Waals surface area contributed by atoms with Gasteiger partial charge in [0.2, 0.25) is 5.91 Å². The van der Waals surface area contributed by atoms with Crippen molar-refractivity contribution in [3.8, 4) is 22.5 Å². The van der Waals surface area contributed by atoms with Gasteiger partial charge in [0.25, 0.3) is 0 Å². The number of fused-ring (bicyclic) bond motifs is 5. The van der Waals surface area contributed by atoms with Crippen LogP contribution in [0.1, 0.15) is 129 Å². The second-order valence-electron chi connectivity index (χ2n) is 18.7. The van der Waals surface area contributed by atoms with E-state index < -0.39 is 12.1 Å². The molecular weight excluding hydrogens is 827 g/mol. The number of hydrogen-bond donors (Lipinski definition) is 4.